The minimum atomic E-state index is -1.25. The first kappa shape index (κ1) is 18.4. The zero-order valence-electron chi connectivity index (χ0n) is 15.3. The summed E-state index contributed by atoms with van der Waals surface area (Å²) in [5.74, 6) is 0.0365. The van der Waals surface area contributed by atoms with Gasteiger partial charge in [-0.1, -0.05) is 12.1 Å². The van der Waals surface area contributed by atoms with Crippen LogP contribution in [0.1, 0.15) is 18.1 Å². The van der Waals surface area contributed by atoms with Gasteiger partial charge < -0.3 is 15.4 Å². The second kappa shape index (κ2) is 7.06. The molecule has 4 amide bonds. The molecule has 0 radical (unpaired) electrons. The number of ether oxygens (including phenoxy) is 1. The highest BCUT2D eigenvalue weighted by atomic mass is 16.5. The average Bonchev–Trinajstić information content (AvgIpc) is 2.86. The molecule has 2 aromatic rings. The van der Waals surface area contributed by atoms with Crippen molar-refractivity contribution >= 4 is 23.7 Å². The summed E-state index contributed by atoms with van der Waals surface area (Å²) >= 11 is 0. The van der Waals surface area contributed by atoms with E-state index in [1.54, 1.807) is 50.4 Å². The number of nitrogens with zero attached hydrogens (tertiary/aromatic N) is 2. The van der Waals surface area contributed by atoms with Gasteiger partial charge in [-0.15, -0.1) is 0 Å². The molecule has 27 heavy (non-hydrogen) atoms. The van der Waals surface area contributed by atoms with Gasteiger partial charge >= 0.3 is 6.03 Å². The number of amides is 4. The molecule has 0 saturated carbocycles. The normalized spacial score (nSPS) is 19.0. The molecular formula is C19H20N4O4. The Morgan fingerprint density at radius 1 is 1.30 bits per heavy atom. The number of rotatable bonds is 5. The molecule has 0 aliphatic carbocycles. The number of pyridine rings is 1. The fourth-order valence-electron chi connectivity index (χ4n) is 2.99. The lowest BCUT2D eigenvalue weighted by Crippen LogP contribution is -2.42. The van der Waals surface area contributed by atoms with Crippen LogP contribution < -0.4 is 15.4 Å². The maximum absolute atomic E-state index is 12.9. The van der Waals surface area contributed by atoms with Crippen molar-refractivity contribution in [2.24, 2.45) is 0 Å². The Bertz CT molecular complexity index is 900. The molecule has 1 saturated heterocycles. The molecule has 2 N–H and O–H groups in total. The molecule has 1 aromatic carbocycles. The van der Waals surface area contributed by atoms with E-state index in [2.05, 4.69) is 15.6 Å². The predicted octanol–water partition coefficient (Wildman–Crippen LogP) is 1.80. The van der Waals surface area contributed by atoms with Crippen LogP contribution in [0.5, 0.6) is 5.75 Å². The molecule has 0 spiro atoms. The molecular weight excluding hydrogens is 348 g/mol. The lowest BCUT2D eigenvalue weighted by molar-refractivity contribution is -0.133. The van der Waals surface area contributed by atoms with Gasteiger partial charge in [0.05, 0.1) is 7.11 Å². The van der Waals surface area contributed by atoms with Crippen molar-refractivity contribution in [3.63, 3.8) is 0 Å². The Kier molecular flexibility index (Phi) is 4.81. The monoisotopic (exact) mass is 368 g/mol. The Morgan fingerprint density at radius 2 is 2.07 bits per heavy atom. The summed E-state index contributed by atoms with van der Waals surface area (Å²) in [4.78, 5) is 42.3. The SMILES string of the molecule is COc1ccc(C2(C)NC(=O)N(CC(=O)Nc3ccccn3)C2=O)cc1C. The summed E-state index contributed by atoms with van der Waals surface area (Å²) in [6, 6.07) is 9.69. The van der Waals surface area contributed by atoms with E-state index in [1.807, 2.05) is 6.92 Å². The van der Waals surface area contributed by atoms with Crippen LogP contribution in [0, 0.1) is 6.92 Å². The van der Waals surface area contributed by atoms with Crippen molar-refractivity contribution in [1.82, 2.24) is 15.2 Å². The maximum atomic E-state index is 12.9. The molecule has 140 valence electrons. The van der Waals surface area contributed by atoms with Crippen molar-refractivity contribution in [2.45, 2.75) is 19.4 Å². The highest BCUT2D eigenvalue weighted by molar-refractivity contribution is 6.10. The Hall–Kier alpha value is -3.42. The van der Waals surface area contributed by atoms with E-state index in [0.717, 1.165) is 10.5 Å². The number of aromatic nitrogens is 1. The Morgan fingerprint density at radius 3 is 2.70 bits per heavy atom. The van der Waals surface area contributed by atoms with Crippen LogP contribution in [0.4, 0.5) is 10.6 Å². The van der Waals surface area contributed by atoms with Gasteiger partial charge in [0.15, 0.2) is 0 Å². The second-order valence-electron chi connectivity index (χ2n) is 6.39. The highest BCUT2D eigenvalue weighted by Crippen LogP contribution is 2.31. The van der Waals surface area contributed by atoms with Crippen LogP contribution in [0.25, 0.3) is 0 Å². The van der Waals surface area contributed by atoms with E-state index in [4.69, 9.17) is 4.74 Å². The molecule has 8 heteroatoms. The van der Waals surface area contributed by atoms with Crippen LogP contribution in [0.15, 0.2) is 42.6 Å². The quantitative estimate of drug-likeness (QED) is 0.784. The first-order valence-electron chi connectivity index (χ1n) is 8.35. The fourth-order valence-corrected chi connectivity index (χ4v) is 2.99. The van der Waals surface area contributed by atoms with Crippen LogP contribution in [-0.4, -0.2) is 41.4 Å². The van der Waals surface area contributed by atoms with E-state index >= 15 is 0 Å². The lowest BCUT2D eigenvalue weighted by atomic mass is 9.90. The topological polar surface area (TPSA) is 101 Å². The summed E-state index contributed by atoms with van der Waals surface area (Å²) in [5, 5.41) is 5.24. The number of methoxy groups -OCH3 is 1. The highest BCUT2D eigenvalue weighted by Gasteiger charge is 2.49. The van der Waals surface area contributed by atoms with Gasteiger partial charge in [-0.05, 0) is 49.2 Å². The molecule has 0 bridgehead atoms. The van der Waals surface area contributed by atoms with Crippen molar-refractivity contribution in [1.29, 1.82) is 0 Å². The summed E-state index contributed by atoms with van der Waals surface area (Å²) in [7, 11) is 1.56. The third kappa shape index (κ3) is 3.46. The largest absolute Gasteiger partial charge is 0.496 e. The molecule has 1 aromatic heterocycles. The Labute approximate surface area is 156 Å². The third-order valence-electron chi connectivity index (χ3n) is 4.48. The van der Waals surface area contributed by atoms with Gasteiger partial charge in [0.1, 0.15) is 23.7 Å². The van der Waals surface area contributed by atoms with E-state index in [9.17, 15) is 14.4 Å². The van der Waals surface area contributed by atoms with Crippen LogP contribution in [0.2, 0.25) is 0 Å². The number of carbonyl (C=O) groups excluding carboxylic acids is 3. The summed E-state index contributed by atoms with van der Waals surface area (Å²) in [6.07, 6.45) is 1.53. The molecule has 1 aliphatic heterocycles. The zero-order chi connectivity index (χ0) is 19.6. The van der Waals surface area contributed by atoms with Crippen molar-refractivity contribution in [2.75, 3.05) is 19.0 Å². The summed E-state index contributed by atoms with van der Waals surface area (Å²) in [6.45, 7) is 3.07. The van der Waals surface area contributed by atoms with E-state index in [1.165, 1.54) is 6.20 Å². The third-order valence-corrected chi connectivity index (χ3v) is 4.48. The number of urea groups is 1. The Balaban J connectivity index is 1.78. The van der Waals surface area contributed by atoms with E-state index in [-0.39, 0.29) is 0 Å². The molecule has 1 unspecified atom stereocenters. The predicted molar refractivity (Wildman–Crippen MR) is 98.2 cm³/mol. The molecule has 1 aliphatic rings. The first-order chi connectivity index (χ1) is 12.8. The first-order valence-corrected chi connectivity index (χ1v) is 8.35. The number of hydrogen-bond acceptors (Lipinski definition) is 5. The van der Waals surface area contributed by atoms with E-state index in [0.29, 0.717) is 17.1 Å². The van der Waals surface area contributed by atoms with Crippen LogP contribution >= 0.6 is 0 Å². The number of benzene rings is 1. The number of imide groups is 1. The minimum Gasteiger partial charge on any atom is -0.496 e. The van der Waals surface area contributed by atoms with Crippen LogP contribution in [-0.2, 0) is 15.1 Å². The molecule has 3 rings (SSSR count). The van der Waals surface area contributed by atoms with Crippen molar-refractivity contribution in [3.8, 4) is 5.75 Å². The van der Waals surface area contributed by atoms with Crippen molar-refractivity contribution < 1.29 is 19.1 Å². The zero-order valence-corrected chi connectivity index (χ0v) is 15.3. The van der Waals surface area contributed by atoms with Gasteiger partial charge in [-0.25, -0.2) is 9.78 Å². The molecule has 8 nitrogen and oxygen atoms in total. The summed E-state index contributed by atoms with van der Waals surface area (Å²) in [5.41, 5.74) is 0.204. The number of carbonyl (C=O) groups is 3. The number of aryl methyl sites for hydroxylation is 1. The standard InChI is InChI=1S/C19H20N4O4/c1-12-10-13(7-8-14(12)27-3)19(2)17(25)23(18(26)22-19)11-16(24)21-15-6-4-5-9-20-15/h4-10H,11H2,1-3H3,(H,22,26)(H,20,21,24). The van der Waals surface area contributed by atoms with E-state index < -0.39 is 29.9 Å². The lowest BCUT2D eigenvalue weighted by Gasteiger charge is -2.23. The van der Waals surface area contributed by atoms with Crippen LogP contribution in [0.3, 0.4) is 0 Å². The smallest absolute Gasteiger partial charge is 0.325 e. The minimum absolute atomic E-state index is 0.350. The average molecular weight is 368 g/mol. The number of hydrogen-bond donors (Lipinski definition) is 2. The van der Waals surface area contributed by atoms with Gasteiger partial charge in [-0.3, -0.25) is 14.5 Å². The number of nitrogens with one attached hydrogen (secondary N) is 2. The maximum Gasteiger partial charge on any atom is 0.325 e. The molecule has 1 atom stereocenters. The number of anilines is 1. The van der Waals surface area contributed by atoms with Gasteiger partial charge in [-0.2, -0.15) is 0 Å². The summed E-state index contributed by atoms with van der Waals surface area (Å²) < 4.78 is 5.23. The van der Waals surface area contributed by atoms with Gasteiger partial charge in [0, 0.05) is 6.20 Å². The van der Waals surface area contributed by atoms with Crippen molar-refractivity contribution in [3.05, 3.63) is 53.7 Å². The molecule has 1 fully saturated rings. The second-order valence-corrected chi connectivity index (χ2v) is 6.39. The fraction of sp³-hybridized carbons (Fsp3) is 0.263. The molecule has 2 heterocycles. The van der Waals surface area contributed by atoms with Gasteiger partial charge in [0.2, 0.25) is 5.91 Å². The van der Waals surface area contributed by atoms with Gasteiger partial charge in [0.25, 0.3) is 5.91 Å².